The maximum Gasteiger partial charge on any atom is 0.270 e. The highest BCUT2D eigenvalue weighted by molar-refractivity contribution is 6.48. The van der Waals surface area contributed by atoms with E-state index >= 15 is 0 Å². The quantitative estimate of drug-likeness (QED) is 0.456. The minimum absolute atomic E-state index is 0.0744. The summed E-state index contributed by atoms with van der Waals surface area (Å²) in [5.74, 6) is 0. The van der Waals surface area contributed by atoms with Gasteiger partial charge in [0.25, 0.3) is 5.69 Å². The second-order valence-corrected chi connectivity index (χ2v) is 9.54. The van der Waals surface area contributed by atoms with E-state index in [1.807, 2.05) is 12.1 Å². The third-order valence-corrected chi connectivity index (χ3v) is 4.52. The summed E-state index contributed by atoms with van der Waals surface area (Å²) in [7, 11) is -1.14. The highest BCUT2D eigenvalue weighted by Crippen LogP contribution is 2.35. The second kappa shape index (κ2) is 7.23. The van der Waals surface area contributed by atoms with E-state index in [9.17, 15) is 10.1 Å². The summed E-state index contributed by atoms with van der Waals surface area (Å²) >= 11 is 0. The molecule has 0 spiro atoms. The summed E-state index contributed by atoms with van der Waals surface area (Å²) in [6.07, 6.45) is 1.75. The number of pyridine rings is 1. The molecular weight excluding hydrogens is 320 g/mol. The van der Waals surface area contributed by atoms with Crippen LogP contribution in [0.5, 0.6) is 0 Å². The Balaban J connectivity index is 2.59. The van der Waals surface area contributed by atoms with Crippen LogP contribution in [0.25, 0.3) is 11.3 Å². The van der Waals surface area contributed by atoms with Gasteiger partial charge in [-0.3, -0.25) is 15.1 Å². The van der Waals surface area contributed by atoms with Crippen LogP contribution in [-0.4, -0.2) is 18.9 Å². The van der Waals surface area contributed by atoms with Gasteiger partial charge in [0.15, 0.2) is 9.04 Å². The lowest BCUT2D eigenvalue weighted by molar-refractivity contribution is -0.384. The van der Waals surface area contributed by atoms with Crippen molar-refractivity contribution >= 4 is 14.7 Å². The number of benzene rings is 1. The fourth-order valence-electron chi connectivity index (χ4n) is 2.70. The van der Waals surface area contributed by atoms with Gasteiger partial charge in [0.05, 0.1) is 17.2 Å². The van der Waals surface area contributed by atoms with E-state index in [0.29, 0.717) is 6.61 Å². The van der Waals surface area contributed by atoms with E-state index in [1.54, 1.807) is 18.3 Å². The van der Waals surface area contributed by atoms with Crippen LogP contribution in [0.15, 0.2) is 36.5 Å². The van der Waals surface area contributed by atoms with Crippen LogP contribution < -0.4 is 0 Å². The van der Waals surface area contributed by atoms with Gasteiger partial charge >= 0.3 is 0 Å². The Hall–Kier alpha value is -2.05. The van der Waals surface area contributed by atoms with Gasteiger partial charge in [-0.05, 0) is 35.7 Å². The van der Waals surface area contributed by atoms with E-state index in [1.165, 1.54) is 6.07 Å². The minimum atomic E-state index is -1.14. The monoisotopic (exact) mass is 344 g/mol. The van der Waals surface area contributed by atoms with Crippen LogP contribution in [0.2, 0.25) is 13.1 Å². The second-order valence-electron chi connectivity index (χ2n) is 7.11. The van der Waals surface area contributed by atoms with E-state index in [0.717, 1.165) is 22.4 Å². The first-order valence-corrected chi connectivity index (χ1v) is 10.8. The summed E-state index contributed by atoms with van der Waals surface area (Å²) < 4.78 is 5.92. The number of nitro groups is 1. The molecule has 0 saturated heterocycles. The summed E-state index contributed by atoms with van der Waals surface area (Å²) in [5, 5.41) is 11.1. The Morgan fingerprint density at radius 2 is 1.96 bits per heavy atom. The van der Waals surface area contributed by atoms with Crippen molar-refractivity contribution in [1.29, 1.82) is 0 Å². The minimum Gasteiger partial charge on any atom is -0.416 e. The third-order valence-electron chi connectivity index (χ3n) is 3.69. The van der Waals surface area contributed by atoms with E-state index in [2.05, 4.69) is 38.8 Å². The van der Waals surface area contributed by atoms with Gasteiger partial charge in [-0.15, -0.1) is 0 Å². The number of non-ortho nitro benzene ring substituents is 1. The molecule has 0 aliphatic rings. The normalized spacial score (nSPS) is 11.8. The smallest absolute Gasteiger partial charge is 0.270 e. The van der Waals surface area contributed by atoms with Gasteiger partial charge in [0.2, 0.25) is 0 Å². The zero-order valence-corrected chi connectivity index (χ0v) is 16.0. The Morgan fingerprint density at radius 3 is 2.54 bits per heavy atom. The molecule has 2 aromatic rings. The lowest BCUT2D eigenvalue weighted by Gasteiger charge is -2.26. The van der Waals surface area contributed by atoms with E-state index < -0.39 is 9.04 Å². The number of aromatic nitrogens is 1. The van der Waals surface area contributed by atoms with Crippen LogP contribution >= 0.6 is 0 Å². The largest absolute Gasteiger partial charge is 0.416 e. The van der Waals surface area contributed by atoms with Gasteiger partial charge in [-0.2, -0.15) is 0 Å². The van der Waals surface area contributed by atoms with Crippen LogP contribution in [-0.2, 0) is 16.4 Å². The maximum absolute atomic E-state index is 11.1. The Labute approximate surface area is 144 Å². The van der Waals surface area contributed by atoms with Gasteiger partial charge < -0.3 is 4.43 Å². The molecule has 0 radical (unpaired) electrons. The van der Waals surface area contributed by atoms with Crippen molar-refractivity contribution in [1.82, 2.24) is 4.98 Å². The molecule has 1 heterocycles. The average Bonchev–Trinajstić information content (AvgIpc) is 2.51. The zero-order chi connectivity index (χ0) is 17.9. The standard InChI is InChI=1S/C18H24N2O3Si/c1-18(2,3)16-14(12-23-24(4)5)9-10-19-17(16)13-7-6-8-15(11-13)20(21)22/h6-11,24H,12H2,1-5H3. The molecule has 0 aliphatic heterocycles. The van der Waals surface area contributed by atoms with Crippen molar-refractivity contribution in [3.05, 3.63) is 57.8 Å². The maximum atomic E-state index is 11.1. The molecule has 1 aromatic heterocycles. The zero-order valence-electron chi connectivity index (χ0n) is 14.9. The van der Waals surface area contributed by atoms with E-state index in [-0.39, 0.29) is 16.0 Å². The predicted octanol–water partition coefficient (Wildman–Crippen LogP) is 4.45. The van der Waals surface area contributed by atoms with Gasteiger partial charge in [-0.25, -0.2) is 0 Å². The average molecular weight is 344 g/mol. The molecule has 24 heavy (non-hydrogen) atoms. The molecule has 6 heteroatoms. The molecule has 128 valence electrons. The fourth-order valence-corrected chi connectivity index (χ4v) is 3.21. The van der Waals surface area contributed by atoms with Crippen LogP contribution in [0, 0.1) is 10.1 Å². The molecular formula is C18H24N2O3Si. The van der Waals surface area contributed by atoms with Crippen molar-refractivity contribution in [3.8, 4) is 11.3 Å². The van der Waals surface area contributed by atoms with Crippen molar-refractivity contribution in [3.63, 3.8) is 0 Å². The fraction of sp³-hybridized carbons (Fsp3) is 0.389. The molecule has 0 amide bonds. The number of hydrogen-bond acceptors (Lipinski definition) is 4. The molecule has 2 rings (SSSR count). The highest BCUT2D eigenvalue weighted by Gasteiger charge is 2.24. The first kappa shape index (κ1) is 18.3. The predicted molar refractivity (Wildman–Crippen MR) is 98.7 cm³/mol. The number of hydrogen-bond donors (Lipinski definition) is 0. The van der Waals surface area contributed by atoms with Crippen LogP contribution in [0.4, 0.5) is 5.69 Å². The van der Waals surface area contributed by atoms with Crippen molar-refractivity contribution in [2.24, 2.45) is 0 Å². The van der Waals surface area contributed by atoms with Gasteiger partial charge in [0.1, 0.15) is 0 Å². The number of nitro benzene ring substituents is 1. The first-order valence-electron chi connectivity index (χ1n) is 8.05. The van der Waals surface area contributed by atoms with Crippen molar-refractivity contribution < 1.29 is 9.35 Å². The topological polar surface area (TPSA) is 65.3 Å². The van der Waals surface area contributed by atoms with E-state index in [4.69, 9.17) is 4.43 Å². The van der Waals surface area contributed by atoms with Gasteiger partial charge in [0, 0.05) is 23.9 Å². The summed E-state index contributed by atoms with van der Waals surface area (Å²) in [6.45, 7) is 11.2. The molecule has 0 fully saturated rings. The number of rotatable bonds is 5. The molecule has 0 N–H and O–H groups in total. The van der Waals surface area contributed by atoms with Crippen molar-refractivity contribution in [2.45, 2.75) is 45.9 Å². The van der Waals surface area contributed by atoms with Crippen molar-refractivity contribution in [2.75, 3.05) is 0 Å². The molecule has 0 atom stereocenters. The lowest BCUT2D eigenvalue weighted by Crippen LogP contribution is -2.19. The SMILES string of the molecule is C[SiH](C)OCc1ccnc(-c2cccc([N+](=O)[O-])c2)c1C(C)(C)C. The lowest BCUT2D eigenvalue weighted by atomic mass is 9.81. The summed E-state index contributed by atoms with van der Waals surface area (Å²) in [5.41, 5.74) is 3.66. The molecule has 0 bridgehead atoms. The Bertz CT molecular complexity index is 739. The van der Waals surface area contributed by atoms with Crippen LogP contribution in [0.1, 0.15) is 31.9 Å². The summed E-state index contributed by atoms with van der Waals surface area (Å²) in [4.78, 5) is 15.2. The Kier molecular flexibility index (Phi) is 5.51. The third kappa shape index (κ3) is 4.27. The van der Waals surface area contributed by atoms with Gasteiger partial charge in [-0.1, -0.05) is 32.9 Å². The Morgan fingerprint density at radius 1 is 1.25 bits per heavy atom. The summed E-state index contributed by atoms with van der Waals surface area (Å²) in [6, 6.07) is 8.63. The first-order chi connectivity index (χ1) is 11.2. The molecule has 0 unspecified atom stereocenters. The molecule has 0 saturated carbocycles. The molecule has 5 nitrogen and oxygen atoms in total. The van der Waals surface area contributed by atoms with Crippen LogP contribution in [0.3, 0.4) is 0 Å². The number of nitrogens with zero attached hydrogens (tertiary/aromatic N) is 2. The molecule has 0 aliphatic carbocycles. The molecule has 1 aromatic carbocycles. The highest BCUT2D eigenvalue weighted by atomic mass is 28.3.